The number of esters is 1. The lowest BCUT2D eigenvalue weighted by Gasteiger charge is -2.27. The molecule has 0 aliphatic rings. The van der Waals surface area contributed by atoms with Gasteiger partial charge in [0.2, 0.25) is 0 Å². The monoisotopic (exact) mass is 275 g/mol. The van der Waals surface area contributed by atoms with E-state index < -0.39 is 0 Å². The van der Waals surface area contributed by atoms with E-state index in [-0.39, 0.29) is 24.0 Å². The van der Waals surface area contributed by atoms with E-state index in [9.17, 15) is 4.79 Å². The van der Waals surface area contributed by atoms with Crippen LogP contribution in [0.3, 0.4) is 0 Å². The highest BCUT2D eigenvalue weighted by atomic mass is 16.5. The van der Waals surface area contributed by atoms with Crippen LogP contribution in [0.2, 0.25) is 0 Å². The van der Waals surface area contributed by atoms with Gasteiger partial charge in [-0.2, -0.15) is 0 Å². The Labute approximate surface area is 122 Å². The Morgan fingerprint density at radius 2 is 1.90 bits per heavy atom. The van der Waals surface area contributed by atoms with Crippen LogP contribution in [-0.2, 0) is 9.53 Å². The number of nitrogens with one attached hydrogen (secondary N) is 1. The summed E-state index contributed by atoms with van der Waals surface area (Å²) in [6.45, 7) is 10.0. The second-order valence-electron chi connectivity index (χ2n) is 5.54. The molecule has 0 saturated carbocycles. The average molecular weight is 275 g/mol. The van der Waals surface area contributed by atoms with E-state index in [0.29, 0.717) is 0 Å². The van der Waals surface area contributed by atoms with E-state index in [4.69, 9.17) is 4.74 Å². The van der Waals surface area contributed by atoms with Crippen molar-refractivity contribution in [2.75, 3.05) is 7.11 Å². The molecule has 3 heteroatoms. The van der Waals surface area contributed by atoms with Gasteiger partial charge in [0.05, 0.1) is 7.11 Å². The number of methoxy groups -OCH3 is 1. The Hall–Kier alpha value is -1.61. The molecular weight excluding hydrogens is 250 g/mol. The Kier molecular flexibility index (Phi) is 6.46. The molecule has 20 heavy (non-hydrogen) atoms. The molecule has 0 spiro atoms. The maximum absolute atomic E-state index is 11.9. The molecule has 0 aromatic heterocycles. The highest BCUT2D eigenvalue weighted by Gasteiger charge is 2.26. The van der Waals surface area contributed by atoms with E-state index in [1.54, 1.807) is 0 Å². The predicted molar refractivity (Wildman–Crippen MR) is 82.4 cm³/mol. The van der Waals surface area contributed by atoms with Crippen LogP contribution in [0.5, 0.6) is 0 Å². The fraction of sp³-hybridized carbons (Fsp3) is 0.471. The Morgan fingerprint density at radius 1 is 1.30 bits per heavy atom. The summed E-state index contributed by atoms with van der Waals surface area (Å²) in [7, 11) is 1.43. The summed E-state index contributed by atoms with van der Waals surface area (Å²) in [4.78, 5) is 11.9. The standard InChI is InChI=1S/C17H25NO2/c1-12(2)11-15(14-9-7-6-8-10-14)18-16(13(3)4)17(19)20-5/h6-10,13,15-16,18H,1,11H2,2-5H3/t15-,16+/m1/s1. The van der Waals surface area contributed by atoms with Crippen LogP contribution in [0, 0.1) is 5.92 Å². The lowest BCUT2D eigenvalue weighted by Crippen LogP contribution is -2.43. The Bertz CT molecular complexity index is 440. The largest absolute Gasteiger partial charge is 0.468 e. The molecule has 0 heterocycles. The summed E-state index contributed by atoms with van der Waals surface area (Å²) in [5.74, 6) is -0.0542. The molecule has 1 aromatic carbocycles. The van der Waals surface area contributed by atoms with Gasteiger partial charge in [-0.1, -0.05) is 49.8 Å². The van der Waals surface area contributed by atoms with Crippen molar-refractivity contribution < 1.29 is 9.53 Å². The van der Waals surface area contributed by atoms with Crippen LogP contribution < -0.4 is 5.32 Å². The van der Waals surface area contributed by atoms with Gasteiger partial charge in [0.1, 0.15) is 6.04 Å². The Morgan fingerprint density at radius 3 is 2.35 bits per heavy atom. The summed E-state index contributed by atoms with van der Waals surface area (Å²) < 4.78 is 4.89. The zero-order valence-corrected chi connectivity index (χ0v) is 12.8. The van der Waals surface area contributed by atoms with Crippen LogP contribution in [-0.4, -0.2) is 19.1 Å². The first-order valence-electron chi connectivity index (χ1n) is 6.99. The van der Waals surface area contributed by atoms with E-state index >= 15 is 0 Å². The SMILES string of the molecule is C=C(C)C[C@@H](N[C@H](C(=O)OC)C(C)C)c1ccccc1. The number of carbonyl (C=O) groups excluding carboxylic acids is 1. The molecule has 1 N–H and O–H groups in total. The minimum atomic E-state index is -0.315. The second-order valence-corrected chi connectivity index (χ2v) is 5.54. The quantitative estimate of drug-likeness (QED) is 0.611. The molecule has 0 amide bonds. The summed E-state index contributed by atoms with van der Waals surface area (Å²) in [6, 6.07) is 9.88. The van der Waals surface area contributed by atoms with Crippen LogP contribution in [0.15, 0.2) is 42.5 Å². The summed E-state index contributed by atoms with van der Waals surface area (Å²) in [5, 5.41) is 3.42. The molecule has 110 valence electrons. The highest BCUT2D eigenvalue weighted by Crippen LogP contribution is 2.22. The Balaban J connectivity index is 2.93. The molecule has 0 radical (unpaired) electrons. The third-order valence-electron chi connectivity index (χ3n) is 3.26. The van der Waals surface area contributed by atoms with Gasteiger partial charge in [-0.25, -0.2) is 0 Å². The van der Waals surface area contributed by atoms with E-state index in [0.717, 1.165) is 17.6 Å². The van der Waals surface area contributed by atoms with E-state index in [2.05, 4.69) is 24.0 Å². The smallest absolute Gasteiger partial charge is 0.323 e. The number of hydrogen-bond donors (Lipinski definition) is 1. The van der Waals surface area contributed by atoms with Gasteiger partial charge in [0.15, 0.2) is 0 Å². The summed E-state index contributed by atoms with van der Waals surface area (Å²) in [6.07, 6.45) is 0.796. The van der Waals surface area contributed by atoms with Gasteiger partial charge in [-0.15, -0.1) is 6.58 Å². The van der Waals surface area contributed by atoms with Gasteiger partial charge in [-0.05, 0) is 24.8 Å². The van der Waals surface area contributed by atoms with Gasteiger partial charge >= 0.3 is 5.97 Å². The molecule has 0 aliphatic heterocycles. The van der Waals surface area contributed by atoms with Crippen LogP contribution in [0.25, 0.3) is 0 Å². The molecule has 2 atom stereocenters. The first-order chi connectivity index (χ1) is 9.45. The molecule has 0 aliphatic carbocycles. The lowest BCUT2D eigenvalue weighted by molar-refractivity contribution is -0.144. The number of benzene rings is 1. The molecule has 0 saturated heterocycles. The van der Waals surface area contributed by atoms with Gasteiger partial charge < -0.3 is 4.74 Å². The molecule has 1 aromatic rings. The van der Waals surface area contributed by atoms with Crippen LogP contribution >= 0.6 is 0 Å². The van der Waals surface area contributed by atoms with Crippen molar-refractivity contribution >= 4 is 5.97 Å². The van der Waals surface area contributed by atoms with E-state index in [1.807, 2.05) is 39.0 Å². The fourth-order valence-electron chi connectivity index (χ4n) is 2.18. The van der Waals surface area contributed by atoms with Gasteiger partial charge in [0, 0.05) is 6.04 Å². The fourth-order valence-corrected chi connectivity index (χ4v) is 2.18. The molecule has 1 rings (SSSR count). The maximum atomic E-state index is 11.9. The third kappa shape index (κ3) is 4.82. The number of ether oxygens (including phenoxy) is 1. The van der Waals surface area contributed by atoms with Gasteiger partial charge in [-0.3, -0.25) is 10.1 Å². The second kappa shape index (κ2) is 7.85. The van der Waals surface area contributed by atoms with Gasteiger partial charge in [0.25, 0.3) is 0 Å². The molecule has 0 fully saturated rings. The van der Waals surface area contributed by atoms with Crippen molar-refractivity contribution in [3.63, 3.8) is 0 Å². The zero-order chi connectivity index (χ0) is 15.1. The average Bonchev–Trinajstić information content (AvgIpc) is 2.42. The highest BCUT2D eigenvalue weighted by molar-refractivity contribution is 5.76. The number of rotatable bonds is 7. The molecule has 0 bridgehead atoms. The van der Waals surface area contributed by atoms with Crippen molar-refractivity contribution in [3.8, 4) is 0 Å². The number of hydrogen-bond acceptors (Lipinski definition) is 3. The number of carbonyl (C=O) groups is 1. The van der Waals surface area contributed by atoms with E-state index in [1.165, 1.54) is 7.11 Å². The lowest BCUT2D eigenvalue weighted by atomic mass is 9.96. The minimum Gasteiger partial charge on any atom is -0.468 e. The normalized spacial score (nSPS) is 13.8. The van der Waals surface area contributed by atoms with Crippen LogP contribution in [0.4, 0.5) is 0 Å². The molecule has 3 nitrogen and oxygen atoms in total. The van der Waals surface area contributed by atoms with Crippen molar-refractivity contribution in [1.82, 2.24) is 5.32 Å². The molecule has 0 unspecified atom stereocenters. The first kappa shape index (κ1) is 16.4. The predicted octanol–water partition coefficient (Wildman–Crippen LogP) is 3.48. The van der Waals surface area contributed by atoms with Crippen molar-refractivity contribution in [3.05, 3.63) is 48.0 Å². The van der Waals surface area contributed by atoms with Crippen molar-refractivity contribution in [2.24, 2.45) is 5.92 Å². The van der Waals surface area contributed by atoms with Crippen molar-refractivity contribution in [1.29, 1.82) is 0 Å². The first-order valence-corrected chi connectivity index (χ1v) is 6.99. The third-order valence-corrected chi connectivity index (χ3v) is 3.26. The summed E-state index contributed by atoms with van der Waals surface area (Å²) >= 11 is 0. The summed E-state index contributed by atoms with van der Waals surface area (Å²) in [5.41, 5.74) is 2.24. The van der Waals surface area contributed by atoms with Crippen molar-refractivity contribution in [2.45, 2.75) is 39.3 Å². The topological polar surface area (TPSA) is 38.3 Å². The zero-order valence-electron chi connectivity index (χ0n) is 12.8. The molecular formula is C17H25NO2. The van der Waals surface area contributed by atoms with Crippen LogP contribution in [0.1, 0.15) is 38.8 Å². The minimum absolute atomic E-state index is 0.0696. The maximum Gasteiger partial charge on any atom is 0.323 e.